The third-order valence-electron chi connectivity index (χ3n) is 15.5. The van der Waals surface area contributed by atoms with Crippen LogP contribution in [0.4, 0.5) is 17.6 Å². The lowest BCUT2D eigenvalue weighted by Gasteiger charge is -2.47. The topological polar surface area (TPSA) is 147 Å². The average molecular weight is 1000 g/mol. The Hall–Kier alpha value is -3.93. The van der Waals surface area contributed by atoms with Crippen molar-refractivity contribution in [1.82, 2.24) is 25.1 Å². The number of carbonyl (C=O) groups excluding carboxylic acids is 4. The maximum absolute atomic E-state index is 16.4. The Balaban J connectivity index is 1.00. The summed E-state index contributed by atoms with van der Waals surface area (Å²) in [5.74, 6) is -3.45. The Morgan fingerprint density at radius 1 is 0.971 bits per heavy atom. The Kier molecular flexibility index (Phi) is 15.7. The highest BCUT2D eigenvalue weighted by Crippen LogP contribution is 2.58. The molecule has 13 nitrogen and oxygen atoms in total. The number of fused-ring (bicyclic) bond motifs is 2. The number of ether oxygens (including phenoxy) is 2. The summed E-state index contributed by atoms with van der Waals surface area (Å²) in [5.41, 5.74) is 0.952. The number of nitrogens with zero attached hydrogens (tertiary/aromatic N) is 3. The first-order chi connectivity index (χ1) is 32.9. The van der Waals surface area contributed by atoms with Crippen molar-refractivity contribution in [2.75, 3.05) is 26.8 Å². The molecule has 1 unspecified atom stereocenters. The molecule has 8 atom stereocenters. The van der Waals surface area contributed by atoms with Crippen LogP contribution in [0, 0.1) is 5.92 Å². The van der Waals surface area contributed by atoms with Gasteiger partial charge in [0.25, 0.3) is 5.91 Å². The quantitative estimate of drug-likeness (QED) is 0.0718. The molecule has 3 aromatic rings. The predicted molar refractivity (Wildman–Crippen MR) is 254 cm³/mol. The molecule has 4 heterocycles. The molecule has 1 spiro atoms. The van der Waals surface area contributed by atoms with E-state index in [0.717, 1.165) is 43.4 Å². The van der Waals surface area contributed by atoms with E-state index in [1.165, 1.54) is 24.6 Å². The summed E-state index contributed by atoms with van der Waals surface area (Å²) < 4.78 is 85.5. The Morgan fingerprint density at radius 2 is 1.70 bits per heavy atom. The van der Waals surface area contributed by atoms with Crippen molar-refractivity contribution in [2.24, 2.45) is 5.92 Å². The zero-order valence-corrected chi connectivity index (χ0v) is 41.8. The number of hydrogen-bond acceptors (Lipinski definition) is 10. The first-order valence-corrected chi connectivity index (χ1v) is 27.2. The second-order valence-electron chi connectivity index (χ2n) is 19.9. The van der Waals surface area contributed by atoms with Crippen LogP contribution in [0.15, 0.2) is 54.6 Å². The Labute approximate surface area is 405 Å². The summed E-state index contributed by atoms with van der Waals surface area (Å²) in [5, 5.41) is 6.07. The van der Waals surface area contributed by atoms with E-state index >= 15 is 4.39 Å². The molecule has 2 saturated carbocycles. The van der Waals surface area contributed by atoms with E-state index < -0.39 is 55.9 Å². The zero-order chi connectivity index (χ0) is 49.4. The molecule has 2 aromatic carbocycles. The van der Waals surface area contributed by atoms with E-state index in [-0.39, 0.29) is 90.2 Å². The van der Waals surface area contributed by atoms with Crippen LogP contribution in [-0.2, 0) is 32.9 Å². The molecule has 0 radical (unpaired) electrons. The van der Waals surface area contributed by atoms with E-state index in [2.05, 4.69) is 32.2 Å². The van der Waals surface area contributed by atoms with Gasteiger partial charge in [0.15, 0.2) is 0 Å². The zero-order valence-electron chi connectivity index (χ0n) is 40.1. The van der Waals surface area contributed by atoms with E-state index in [1.54, 1.807) is 24.0 Å². The number of alkyl halides is 4. The van der Waals surface area contributed by atoms with Crippen molar-refractivity contribution in [3.05, 3.63) is 70.6 Å². The summed E-state index contributed by atoms with van der Waals surface area (Å²) in [6.07, 6.45) is 1.34. The highest BCUT2D eigenvalue weighted by atomic mass is 32.1. The molecule has 3 amide bonds. The SMILES string of the molecule is CCOP(=O)(N[C@@H](C)C(=O)OCC(CC)CC)[C@@H](F)c1ccc2sc(C(=O)N[C@H]3CC[C@H](N(C)C4CC(OC(F)(F)F)C4)C[C@H]4CC[C@@H](C(=O)N5C[C@H](c6ccccc6)CC56CC6)N4C3=O)cc2c1. The smallest absolute Gasteiger partial charge is 0.464 e. The number of amides is 3. The fourth-order valence-electron chi connectivity index (χ4n) is 11.1. The summed E-state index contributed by atoms with van der Waals surface area (Å²) in [6.45, 7) is 7.66. The van der Waals surface area contributed by atoms with Gasteiger partial charge < -0.3 is 29.3 Å². The van der Waals surface area contributed by atoms with Gasteiger partial charge in [0, 0.05) is 40.8 Å². The van der Waals surface area contributed by atoms with E-state index in [1.807, 2.05) is 44.0 Å². The molecular weight excluding hydrogens is 938 g/mol. The molecule has 5 fully saturated rings. The molecule has 0 bridgehead atoms. The van der Waals surface area contributed by atoms with E-state index in [0.29, 0.717) is 42.3 Å². The number of rotatable bonds is 18. The van der Waals surface area contributed by atoms with Crippen molar-refractivity contribution >= 4 is 52.6 Å². The first kappa shape index (κ1) is 51.4. The molecule has 5 aliphatic rings. The highest BCUT2D eigenvalue weighted by Gasteiger charge is 2.59. The van der Waals surface area contributed by atoms with Crippen LogP contribution in [0.1, 0.15) is 137 Å². The first-order valence-electron chi connectivity index (χ1n) is 24.7. The number of thiophene rings is 1. The highest BCUT2D eigenvalue weighted by molar-refractivity contribution is 7.57. The van der Waals surface area contributed by atoms with E-state index in [9.17, 15) is 36.9 Å². The fraction of sp³-hybridized carbons (Fsp3) is 0.640. The average Bonchev–Trinajstić information content (AvgIpc) is 3.58. The van der Waals surface area contributed by atoms with Gasteiger partial charge in [0.1, 0.15) is 18.1 Å². The second-order valence-corrected chi connectivity index (χ2v) is 23.1. The van der Waals surface area contributed by atoms with Crippen LogP contribution >= 0.6 is 18.9 Å². The predicted octanol–water partition coefficient (Wildman–Crippen LogP) is 9.61. The van der Waals surface area contributed by atoms with Crippen molar-refractivity contribution in [2.45, 2.75) is 171 Å². The van der Waals surface area contributed by atoms with Crippen LogP contribution in [-0.4, -0.2) is 119 Å². The lowest BCUT2D eigenvalue weighted by Crippen LogP contribution is -2.60. The van der Waals surface area contributed by atoms with Gasteiger partial charge in [0.2, 0.25) is 17.7 Å². The second kappa shape index (κ2) is 21.0. The van der Waals surface area contributed by atoms with Crippen molar-refractivity contribution in [1.29, 1.82) is 0 Å². The molecule has 69 heavy (non-hydrogen) atoms. The molecular formula is C50H66F4N5O8PS. The van der Waals surface area contributed by atoms with Crippen LogP contribution in [0.25, 0.3) is 10.1 Å². The lowest BCUT2D eigenvalue weighted by molar-refractivity contribution is -0.354. The number of carbonyl (C=O) groups is 4. The molecule has 19 heteroatoms. The number of benzene rings is 2. The molecule has 2 aliphatic carbocycles. The maximum Gasteiger partial charge on any atom is 0.522 e. The number of esters is 1. The van der Waals surface area contributed by atoms with Gasteiger partial charge in [-0.15, -0.1) is 24.5 Å². The summed E-state index contributed by atoms with van der Waals surface area (Å²) in [4.78, 5) is 62.9. The maximum atomic E-state index is 16.4. The summed E-state index contributed by atoms with van der Waals surface area (Å²) in [7, 11) is -2.44. The minimum atomic E-state index is -4.72. The standard InChI is InChI=1S/C50H66F4N5O8PS/c1-6-31(7-2)29-65-48(63)30(4)56-68(64,66-8-3)44(51)33-14-19-42-34(22-33)23-43(69-42)45(60)55-40-17-15-36(57(5)38-25-39(26-38)67-50(52,53)54)24-37-16-18-41(59(37)46(40)61)47(62)58-28-35(27-49(58)20-21-49)32-12-10-9-11-13-32/h9-14,19,22-23,30-31,35-41,44H,6-8,15-18,20-21,24-29H2,1-5H3,(H,55,60)(H,56,64)/t30-,35+,36-,37+,38?,39?,40-,41-,44+,68?/m0/s1. The summed E-state index contributed by atoms with van der Waals surface area (Å²) in [6, 6.07) is 12.8. The Bertz CT molecular complexity index is 2380. The third-order valence-corrected chi connectivity index (χ3v) is 18.9. The summed E-state index contributed by atoms with van der Waals surface area (Å²) >= 11 is 1.14. The molecule has 378 valence electrons. The van der Waals surface area contributed by atoms with Gasteiger partial charge in [-0.3, -0.25) is 28.5 Å². The minimum Gasteiger partial charge on any atom is -0.464 e. The monoisotopic (exact) mass is 1000 g/mol. The van der Waals surface area contributed by atoms with Crippen molar-refractivity contribution in [3.63, 3.8) is 0 Å². The number of likely N-dealkylation sites (tertiary alicyclic amines) is 1. The molecule has 1 aromatic heterocycles. The third kappa shape index (κ3) is 11.3. The van der Waals surface area contributed by atoms with Crippen LogP contribution in [0.3, 0.4) is 0 Å². The van der Waals surface area contributed by atoms with Crippen molar-refractivity contribution in [3.8, 4) is 0 Å². The van der Waals surface area contributed by atoms with Crippen LogP contribution in [0.5, 0.6) is 0 Å². The molecule has 3 saturated heterocycles. The van der Waals surface area contributed by atoms with Crippen LogP contribution < -0.4 is 10.4 Å². The Morgan fingerprint density at radius 3 is 2.36 bits per heavy atom. The number of hydrogen-bond donors (Lipinski definition) is 2. The molecule has 8 rings (SSSR count). The van der Waals surface area contributed by atoms with Gasteiger partial charge in [0.05, 0.1) is 24.2 Å². The van der Waals surface area contributed by atoms with Gasteiger partial charge in [-0.1, -0.05) is 63.1 Å². The van der Waals surface area contributed by atoms with E-state index in [4.69, 9.17) is 9.26 Å². The number of nitrogens with one attached hydrogen (secondary N) is 2. The molecule has 2 N–H and O–H groups in total. The van der Waals surface area contributed by atoms with Gasteiger partial charge in [-0.05, 0) is 126 Å². The van der Waals surface area contributed by atoms with Crippen LogP contribution in [0.2, 0.25) is 0 Å². The molecule has 3 aliphatic heterocycles. The van der Waals surface area contributed by atoms with Gasteiger partial charge in [-0.2, -0.15) is 0 Å². The number of halogens is 4. The fourth-order valence-corrected chi connectivity index (χ4v) is 14.0. The lowest BCUT2D eigenvalue weighted by atomic mass is 9.85. The van der Waals surface area contributed by atoms with Gasteiger partial charge in [-0.25, -0.2) is 9.48 Å². The largest absolute Gasteiger partial charge is 0.522 e. The normalized spacial score (nSPS) is 27.4. The van der Waals surface area contributed by atoms with Crippen molar-refractivity contribution < 1.29 is 55.3 Å². The minimum absolute atomic E-state index is 0.0131. The van der Waals surface area contributed by atoms with Gasteiger partial charge >= 0.3 is 19.9 Å².